The van der Waals surface area contributed by atoms with Crippen LogP contribution in [0.3, 0.4) is 0 Å². The van der Waals surface area contributed by atoms with Crippen LogP contribution in [0.1, 0.15) is 52.8 Å². The maximum atomic E-state index is 12.8. The molecule has 12 heteroatoms. The largest absolute Gasteiger partial charge is 0.508 e. The minimum Gasteiger partial charge on any atom is -0.508 e. The lowest BCUT2D eigenvalue weighted by Crippen LogP contribution is -2.12. The minimum atomic E-state index is -0.792. The van der Waals surface area contributed by atoms with Gasteiger partial charge < -0.3 is 15.7 Å². The number of aromatic hydroxyl groups is 1. The van der Waals surface area contributed by atoms with E-state index in [0.717, 1.165) is 22.2 Å². The van der Waals surface area contributed by atoms with Crippen molar-refractivity contribution >= 4 is 76.5 Å². The van der Waals surface area contributed by atoms with E-state index in [1.165, 1.54) is 17.5 Å². The van der Waals surface area contributed by atoms with Crippen molar-refractivity contribution in [1.82, 2.24) is 14.8 Å². The van der Waals surface area contributed by atoms with Crippen molar-refractivity contribution in [3.05, 3.63) is 42.9 Å². The van der Waals surface area contributed by atoms with E-state index in [2.05, 4.69) is 52.6 Å². The fourth-order valence-electron chi connectivity index (χ4n) is 3.54. The molecule has 3 N–H and O–H groups in total. The Bertz CT molecular complexity index is 1220. The smallest absolute Gasteiger partial charge is 0.267 e. The van der Waals surface area contributed by atoms with Crippen molar-refractivity contribution in [2.45, 2.75) is 47.1 Å². The number of anilines is 3. The van der Waals surface area contributed by atoms with Gasteiger partial charge in [-0.15, -0.1) is 0 Å². The predicted molar refractivity (Wildman–Crippen MR) is 146 cm³/mol. The van der Waals surface area contributed by atoms with Gasteiger partial charge in [0, 0.05) is 32.3 Å². The van der Waals surface area contributed by atoms with Crippen LogP contribution in [-0.2, 0) is 10.8 Å². The standard InChI is InChI=1S/C20H21Br2N5O3S2.C2H6/c1-9-13(21)6-14(28)10(2)17(9)24-19(29)15-7-23-20(31-15)25-18-16(22)11(3)27(26-18)12-4-5-32(30)8-12;1-2/h6-7,12,28H,4-5,8H2,1-3H3,(H,24,29)(H,23,25,26);1-2H3. The van der Waals surface area contributed by atoms with Crippen molar-refractivity contribution in [3.8, 4) is 5.75 Å². The monoisotopic (exact) mass is 631 g/mol. The summed E-state index contributed by atoms with van der Waals surface area (Å²) in [5, 5.41) is 21.3. The Kier molecular flexibility index (Phi) is 8.93. The molecule has 8 nitrogen and oxygen atoms in total. The number of phenols is 1. The number of hydrogen-bond donors (Lipinski definition) is 3. The highest BCUT2D eigenvalue weighted by Crippen LogP contribution is 2.36. The number of nitrogens with one attached hydrogen (secondary N) is 2. The summed E-state index contributed by atoms with van der Waals surface area (Å²) in [6.07, 6.45) is 2.34. The molecule has 2 unspecified atom stereocenters. The number of phenolic OH excluding ortho intramolecular Hbond substituents is 1. The number of carbonyl (C=O) groups is 1. The Balaban J connectivity index is 0.00000158. The average molecular weight is 633 g/mol. The zero-order valence-electron chi connectivity index (χ0n) is 19.5. The van der Waals surface area contributed by atoms with E-state index in [9.17, 15) is 14.1 Å². The Morgan fingerprint density at radius 1 is 1.26 bits per heavy atom. The molecular formula is C22H27Br2N5O3S2. The van der Waals surface area contributed by atoms with E-state index in [-0.39, 0.29) is 17.7 Å². The molecule has 2 atom stereocenters. The predicted octanol–water partition coefficient (Wildman–Crippen LogP) is 6.21. The third-order valence-corrected chi connectivity index (χ3v) is 9.56. The molecule has 1 saturated heterocycles. The topological polar surface area (TPSA) is 109 Å². The number of hydrogen-bond acceptors (Lipinski definition) is 7. The molecule has 0 saturated carbocycles. The van der Waals surface area contributed by atoms with E-state index in [4.69, 9.17) is 0 Å². The number of amides is 1. The summed E-state index contributed by atoms with van der Waals surface area (Å²) < 4.78 is 15.2. The summed E-state index contributed by atoms with van der Waals surface area (Å²) in [6.45, 7) is 9.57. The number of thiazole rings is 1. The third kappa shape index (κ3) is 5.55. The van der Waals surface area contributed by atoms with Crippen molar-refractivity contribution in [3.63, 3.8) is 0 Å². The molecule has 0 radical (unpaired) electrons. The SMILES string of the molecule is CC.Cc1c(O)cc(Br)c(C)c1NC(=O)c1cnc(Nc2nn(C3CCS(=O)C3)c(C)c2Br)s1. The minimum absolute atomic E-state index is 0.103. The Hall–Kier alpha value is -1.76. The summed E-state index contributed by atoms with van der Waals surface area (Å²) in [7, 11) is -0.792. The lowest BCUT2D eigenvalue weighted by atomic mass is 10.1. The fraction of sp³-hybridized carbons (Fsp3) is 0.409. The van der Waals surface area contributed by atoms with E-state index < -0.39 is 10.8 Å². The molecule has 1 amide bonds. The van der Waals surface area contributed by atoms with Gasteiger partial charge in [0.1, 0.15) is 10.6 Å². The van der Waals surface area contributed by atoms with Crippen molar-refractivity contribution in [2.24, 2.45) is 0 Å². The molecule has 184 valence electrons. The fourth-order valence-corrected chi connectivity index (χ4v) is 6.47. The van der Waals surface area contributed by atoms with Crippen LogP contribution < -0.4 is 10.6 Å². The van der Waals surface area contributed by atoms with Gasteiger partial charge in [0.25, 0.3) is 5.91 Å². The van der Waals surface area contributed by atoms with Crippen LogP contribution in [0.5, 0.6) is 5.75 Å². The quantitative estimate of drug-likeness (QED) is 0.309. The van der Waals surface area contributed by atoms with Crippen LogP contribution in [0.4, 0.5) is 16.6 Å². The molecular weight excluding hydrogens is 606 g/mol. The molecule has 34 heavy (non-hydrogen) atoms. The number of halogens is 2. The molecule has 1 aromatic carbocycles. The number of nitrogens with zero attached hydrogens (tertiary/aromatic N) is 3. The van der Waals surface area contributed by atoms with Crippen molar-refractivity contribution in [2.75, 3.05) is 22.1 Å². The summed E-state index contributed by atoms with van der Waals surface area (Å²) in [4.78, 5) is 17.5. The van der Waals surface area contributed by atoms with Crippen LogP contribution in [0, 0.1) is 20.8 Å². The first kappa shape index (κ1) is 26.8. The van der Waals surface area contributed by atoms with Gasteiger partial charge in [-0.2, -0.15) is 5.10 Å². The van der Waals surface area contributed by atoms with Gasteiger partial charge >= 0.3 is 0 Å². The van der Waals surface area contributed by atoms with Gasteiger partial charge in [0.15, 0.2) is 10.9 Å². The first-order chi connectivity index (χ1) is 16.2. The van der Waals surface area contributed by atoms with Gasteiger partial charge in [-0.1, -0.05) is 41.1 Å². The van der Waals surface area contributed by atoms with Gasteiger partial charge in [-0.25, -0.2) is 4.98 Å². The highest BCUT2D eigenvalue weighted by molar-refractivity contribution is 9.11. The van der Waals surface area contributed by atoms with Crippen molar-refractivity contribution in [1.29, 1.82) is 0 Å². The number of rotatable bonds is 5. The Morgan fingerprint density at radius 3 is 2.62 bits per heavy atom. The maximum Gasteiger partial charge on any atom is 0.267 e. The third-order valence-electron chi connectivity index (χ3n) is 5.43. The molecule has 1 aliphatic rings. The number of benzene rings is 1. The normalized spacial score (nSPS) is 17.3. The van der Waals surface area contributed by atoms with E-state index >= 15 is 0 Å². The zero-order valence-corrected chi connectivity index (χ0v) is 24.3. The molecule has 1 fully saturated rings. The summed E-state index contributed by atoms with van der Waals surface area (Å²) in [5.74, 6) is 1.70. The molecule has 0 aliphatic carbocycles. The maximum absolute atomic E-state index is 12.8. The summed E-state index contributed by atoms with van der Waals surface area (Å²) in [5.41, 5.74) is 2.94. The molecule has 2 aromatic heterocycles. The highest BCUT2D eigenvalue weighted by Gasteiger charge is 2.27. The van der Waals surface area contributed by atoms with E-state index in [1.807, 2.05) is 32.4 Å². The second-order valence-corrected chi connectivity index (χ2v) is 11.9. The van der Waals surface area contributed by atoms with Crippen LogP contribution in [-0.4, -0.2) is 41.5 Å². The molecule has 1 aliphatic heterocycles. The van der Waals surface area contributed by atoms with Crippen LogP contribution in [0.2, 0.25) is 0 Å². The zero-order chi connectivity index (χ0) is 25.2. The first-order valence-electron chi connectivity index (χ1n) is 10.8. The van der Waals surface area contributed by atoms with Crippen LogP contribution in [0.15, 0.2) is 21.2 Å². The van der Waals surface area contributed by atoms with Gasteiger partial charge in [-0.3, -0.25) is 13.7 Å². The molecule has 4 rings (SSSR count). The Morgan fingerprint density at radius 2 is 1.97 bits per heavy atom. The lowest BCUT2D eigenvalue weighted by molar-refractivity contribution is 0.103. The van der Waals surface area contributed by atoms with E-state index in [0.29, 0.717) is 43.1 Å². The molecule has 0 spiro atoms. The average Bonchev–Trinajstić information content (AvgIpc) is 3.53. The van der Waals surface area contributed by atoms with Crippen LogP contribution in [0.25, 0.3) is 0 Å². The second-order valence-electron chi connectivity index (χ2n) is 7.56. The molecule has 3 aromatic rings. The Labute approximate surface area is 222 Å². The van der Waals surface area contributed by atoms with Gasteiger partial charge in [-0.05, 0) is 54.8 Å². The first-order valence-corrected chi connectivity index (χ1v) is 14.7. The number of aromatic nitrogens is 3. The van der Waals surface area contributed by atoms with Crippen LogP contribution >= 0.6 is 43.2 Å². The van der Waals surface area contributed by atoms with Crippen molar-refractivity contribution < 1.29 is 14.1 Å². The van der Waals surface area contributed by atoms with Gasteiger partial charge in [0.2, 0.25) is 0 Å². The summed E-state index contributed by atoms with van der Waals surface area (Å²) >= 11 is 8.18. The second kappa shape index (κ2) is 11.3. The molecule has 3 heterocycles. The van der Waals surface area contributed by atoms with E-state index in [1.54, 1.807) is 13.0 Å². The lowest BCUT2D eigenvalue weighted by Gasteiger charge is -2.13. The number of carbonyl (C=O) groups excluding carboxylic acids is 1. The summed E-state index contributed by atoms with van der Waals surface area (Å²) in [6, 6.07) is 1.73. The van der Waals surface area contributed by atoms with Gasteiger partial charge in [0.05, 0.1) is 28.1 Å². The highest BCUT2D eigenvalue weighted by atomic mass is 79.9. The molecule has 0 bridgehead atoms.